The van der Waals surface area contributed by atoms with Gasteiger partial charge >= 0.3 is 0 Å². The molecule has 0 unspecified atom stereocenters. The highest BCUT2D eigenvalue weighted by atomic mass is 32.2. The number of fused-ring (bicyclic) bond motifs is 3. The summed E-state index contributed by atoms with van der Waals surface area (Å²) in [6, 6.07) is 9.44. The Bertz CT molecular complexity index is 1190. The predicted molar refractivity (Wildman–Crippen MR) is 133 cm³/mol. The minimum atomic E-state index is -1.25. The Morgan fingerprint density at radius 1 is 1.24 bits per heavy atom. The van der Waals surface area contributed by atoms with E-state index in [1.807, 2.05) is 42.3 Å². The fourth-order valence-electron chi connectivity index (χ4n) is 5.69. The number of pyridine rings is 1. The third-order valence-electron chi connectivity index (χ3n) is 7.08. The summed E-state index contributed by atoms with van der Waals surface area (Å²) in [5.41, 5.74) is 1.23. The first-order valence-corrected chi connectivity index (χ1v) is 11.8. The molecule has 3 aliphatic heterocycles. The zero-order chi connectivity index (χ0) is 23.5. The van der Waals surface area contributed by atoms with Crippen molar-refractivity contribution in [3.05, 3.63) is 66.5 Å². The molecule has 3 atom stereocenters. The van der Waals surface area contributed by atoms with Gasteiger partial charge in [-0.3, -0.25) is 24.4 Å². The molecule has 33 heavy (non-hydrogen) atoms. The number of amides is 2. The van der Waals surface area contributed by atoms with Crippen LogP contribution in [0.3, 0.4) is 0 Å². The monoisotopic (exact) mass is 480 g/mol. The lowest BCUT2D eigenvalue weighted by Gasteiger charge is -2.42. The van der Waals surface area contributed by atoms with Crippen molar-refractivity contribution in [3.8, 4) is 5.75 Å². The summed E-state index contributed by atoms with van der Waals surface area (Å²) in [7, 11) is 5.27. The van der Waals surface area contributed by atoms with Crippen LogP contribution in [0.2, 0.25) is 0 Å². The molecule has 9 heteroatoms. The zero-order valence-corrected chi connectivity index (χ0v) is 20.3. The minimum Gasteiger partial charge on any atom is -0.497 e. The average Bonchev–Trinajstić information content (AvgIpc) is 3.33. The Kier molecular flexibility index (Phi) is 5.11. The van der Waals surface area contributed by atoms with Gasteiger partial charge in [-0.2, -0.15) is 0 Å². The number of ether oxygens (including phenoxy) is 1. The molecule has 3 aliphatic rings. The number of likely N-dealkylation sites (tertiary alicyclic amines) is 1. The second kappa shape index (κ2) is 7.65. The number of carbonyl (C=O) groups is 2. The van der Waals surface area contributed by atoms with Gasteiger partial charge in [0.1, 0.15) is 14.8 Å². The minimum absolute atomic E-state index is 0.145. The quantitative estimate of drug-likeness (QED) is 0.493. The molecule has 2 fully saturated rings. The Morgan fingerprint density at radius 3 is 2.64 bits per heavy atom. The van der Waals surface area contributed by atoms with Crippen LogP contribution in [0.25, 0.3) is 0 Å². The molecule has 0 aliphatic carbocycles. The Balaban J connectivity index is 1.84. The summed E-state index contributed by atoms with van der Waals surface area (Å²) < 4.78 is 4.79. The molecule has 2 spiro atoms. The van der Waals surface area contributed by atoms with E-state index in [0.717, 1.165) is 16.8 Å². The molecule has 2 saturated heterocycles. The van der Waals surface area contributed by atoms with E-state index in [9.17, 15) is 9.59 Å². The van der Waals surface area contributed by atoms with Crippen molar-refractivity contribution >= 4 is 45.8 Å². The maximum atomic E-state index is 14.4. The van der Waals surface area contributed by atoms with Gasteiger partial charge in [0.15, 0.2) is 5.54 Å². The molecule has 5 rings (SSSR count). The number of likely N-dealkylation sites (N-methyl/N-ethyl adjacent to an activating group) is 2. The van der Waals surface area contributed by atoms with E-state index in [-0.39, 0.29) is 17.7 Å². The van der Waals surface area contributed by atoms with E-state index in [4.69, 9.17) is 17.0 Å². The van der Waals surface area contributed by atoms with E-state index in [1.165, 1.54) is 11.8 Å². The molecule has 2 aromatic rings. The summed E-state index contributed by atoms with van der Waals surface area (Å²) in [5.74, 6) is 0.0354. The van der Waals surface area contributed by atoms with Gasteiger partial charge in [0.05, 0.1) is 7.11 Å². The normalized spacial score (nSPS) is 28.9. The second-order valence-electron chi connectivity index (χ2n) is 8.48. The highest BCUT2D eigenvalue weighted by molar-refractivity contribution is 8.25. The van der Waals surface area contributed by atoms with Crippen LogP contribution in [0.1, 0.15) is 17.0 Å². The third-order valence-corrected chi connectivity index (χ3v) is 9.02. The number of thiocarbonyl (C=S) groups is 1. The molecule has 170 valence electrons. The number of anilines is 1. The number of thioether (sulfide) groups is 1. The van der Waals surface area contributed by atoms with Gasteiger partial charge in [-0.25, -0.2) is 0 Å². The number of aromatic nitrogens is 1. The number of hydrogen-bond acceptors (Lipinski definition) is 7. The fraction of sp³-hybridized carbons (Fsp3) is 0.333. The first-order valence-electron chi connectivity index (χ1n) is 10.6. The van der Waals surface area contributed by atoms with Gasteiger partial charge in [0, 0.05) is 49.7 Å². The lowest BCUT2D eigenvalue weighted by molar-refractivity contribution is -0.138. The van der Waals surface area contributed by atoms with Gasteiger partial charge in [-0.1, -0.05) is 30.1 Å². The van der Waals surface area contributed by atoms with Crippen molar-refractivity contribution in [2.24, 2.45) is 0 Å². The molecular formula is C24H24N4O3S2. The summed E-state index contributed by atoms with van der Waals surface area (Å²) in [4.78, 5) is 38.0. The highest BCUT2D eigenvalue weighted by Crippen LogP contribution is 2.66. The number of hydrogen-bond donors (Lipinski definition) is 0. The third kappa shape index (κ3) is 2.61. The summed E-state index contributed by atoms with van der Waals surface area (Å²) in [6.07, 6.45) is 5.10. The zero-order valence-electron chi connectivity index (χ0n) is 18.6. The van der Waals surface area contributed by atoms with E-state index < -0.39 is 10.3 Å². The summed E-state index contributed by atoms with van der Waals surface area (Å²) in [5, 5.41) is 0. The van der Waals surface area contributed by atoms with Gasteiger partial charge in [0.2, 0.25) is 5.91 Å². The van der Waals surface area contributed by atoms with Crippen molar-refractivity contribution in [3.63, 3.8) is 0 Å². The molecular weight excluding hydrogens is 456 g/mol. The smallest absolute Gasteiger partial charge is 0.254 e. The van der Waals surface area contributed by atoms with E-state index in [1.54, 1.807) is 42.4 Å². The van der Waals surface area contributed by atoms with E-state index >= 15 is 0 Å². The van der Waals surface area contributed by atoms with Crippen LogP contribution in [0, 0.1) is 0 Å². The molecule has 0 saturated carbocycles. The van der Waals surface area contributed by atoms with Gasteiger partial charge in [-0.15, -0.1) is 6.58 Å². The van der Waals surface area contributed by atoms with Crippen LogP contribution in [-0.4, -0.2) is 70.0 Å². The van der Waals surface area contributed by atoms with Crippen LogP contribution in [0.4, 0.5) is 5.69 Å². The van der Waals surface area contributed by atoms with Crippen LogP contribution < -0.4 is 9.64 Å². The van der Waals surface area contributed by atoms with Crippen LogP contribution in [0.5, 0.6) is 5.75 Å². The van der Waals surface area contributed by atoms with Crippen LogP contribution in [0.15, 0.2) is 55.4 Å². The molecule has 0 bridgehead atoms. The SMILES string of the molecule is C=CCN1C(=O)[C@@]2(SC1=S)[C@@H](c1ccncc1)CN(C)[C@]21C(=O)N(C)c2ccc(OC)cc21. The Morgan fingerprint density at radius 2 is 1.97 bits per heavy atom. The molecule has 1 aromatic heterocycles. The fourth-order valence-corrected chi connectivity index (χ4v) is 7.83. The first kappa shape index (κ1) is 22.1. The predicted octanol–water partition coefficient (Wildman–Crippen LogP) is 2.78. The van der Waals surface area contributed by atoms with Crippen molar-refractivity contribution in [2.75, 3.05) is 39.2 Å². The lowest BCUT2D eigenvalue weighted by Crippen LogP contribution is -2.62. The average molecular weight is 481 g/mol. The van der Waals surface area contributed by atoms with Crippen molar-refractivity contribution < 1.29 is 14.3 Å². The molecule has 7 nitrogen and oxygen atoms in total. The maximum Gasteiger partial charge on any atom is 0.254 e. The number of benzene rings is 1. The van der Waals surface area contributed by atoms with Crippen LogP contribution >= 0.6 is 24.0 Å². The first-order chi connectivity index (χ1) is 15.8. The van der Waals surface area contributed by atoms with Gasteiger partial charge in [-0.05, 0) is 42.9 Å². The topological polar surface area (TPSA) is 66.0 Å². The van der Waals surface area contributed by atoms with Gasteiger partial charge < -0.3 is 9.64 Å². The Hall–Kier alpha value is -2.75. The second-order valence-corrected chi connectivity index (χ2v) is 10.4. The summed E-state index contributed by atoms with van der Waals surface area (Å²) >= 11 is 7.03. The molecule has 2 amide bonds. The van der Waals surface area contributed by atoms with Crippen LogP contribution in [-0.2, 0) is 15.1 Å². The number of carbonyl (C=O) groups excluding carboxylic acids is 2. The summed E-state index contributed by atoms with van der Waals surface area (Å²) in [6.45, 7) is 4.60. The number of nitrogens with zero attached hydrogens (tertiary/aromatic N) is 4. The van der Waals surface area contributed by atoms with Gasteiger partial charge in [0.25, 0.3) is 5.91 Å². The largest absolute Gasteiger partial charge is 0.497 e. The Labute approximate surface area is 202 Å². The lowest BCUT2D eigenvalue weighted by atomic mass is 9.72. The van der Waals surface area contributed by atoms with Crippen molar-refractivity contribution in [1.82, 2.24) is 14.8 Å². The molecule has 4 heterocycles. The van der Waals surface area contributed by atoms with Crippen molar-refractivity contribution in [2.45, 2.75) is 16.2 Å². The van der Waals surface area contributed by atoms with E-state index in [0.29, 0.717) is 23.2 Å². The molecule has 1 aromatic carbocycles. The number of methoxy groups -OCH3 is 1. The van der Waals surface area contributed by atoms with Crippen molar-refractivity contribution in [1.29, 1.82) is 0 Å². The standard InChI is InChI=1S/C24H24N4O3S2/c1-5-12-28-21(30)24(33-22(28)32)18(15-8-10-25-11-9-15)14-26(2)23(24)17-13-16(31-4)6-7-19(17)27(3)20(23)29/h5-11,13,18H,1,12,14H2,2-4H3/t18-,23-,24+/m1/s1. The molecule has 0 radical (unpaired) electrons. The maximum absolute atomic E-state index is 14.4. The molecule has 0 N–H and O–H groups in total. The van der Waals surface area contributed by atoms with E-state index in [2.05, 4.69) is 11.6 Å². The highest BCUT2D eigenvalue weighted by Gasteiger charge is 2.78. The number of rotatable bonds is 4.